The molecule has 0 aromatic carbocycles. The maximum Gasteiger partial charge on any atom is 0.306 e. The number of aliphatic carboxylic acids is 1. The molecule has 0 amide bonds. The highest BCUT2D eigenvalue weighted by molar-refractivity contribution is 5.89. The Morgan fingerprint density at radius 3 is 1.21 bits per heavy atom. The zero-order valence-corrected chi connectivity index (χ0v) is 34.0. The van der Waals surface area contributed by atoms with Gasteiger partial charge in [0.1, 0.15) is 12.4 Å². The lowest BCUT2D eigenvalue weighted by atomic mass is 10.0. The van der Waals surface area contributed by atoms with Crippen molar-refractivity contribution in [2.75, 3.05) is 13.2 Å². The molecule has 0 aliphatic heterocycles. The summed E-state index contributed by atoms with van der Waals surface area (Å²) in [7, 11) is 0. The van der Waals surface area contributed by atoms with Crippen molar-refractivity contribution in [1.82, 2.24) is 0 Å². The van der Waals surface area contributed by atoms with Crippen LogP contribution in [0.5, 0.6) is 0 Å². The van der Waals surface area contributed by atoms with Gasteiger partial charge in [-0.2, -0.15) is 0 Å². The van der Waals surface area contributed by atoms with Crippen LogP contribution in [0.2, 0.25) is 0 Å². The molecule has 0 spiro atoms. The number of carboxylic acids is 1. The lowest BCUT2D eigenvalue weighted by Gasteiger charge is -2.17. The van der Waals surface area contributed by atoms with Crippen LogP contribution in [0.4, 0.5) is 0 Å². The second kappa shape index (κ2) is 38.6. The van der Waals surface area contributed by atoms with E-state index in [1.165, 1.54) is 154 Å². The van der Waals surface area contributed by atoms with E-state index in [4.69, 9.17) is 26.0 Å². The second-order valence-electron chi connectivity index (χ2n) is 15.2. The molecule has 0 bridgehead atoms. The van der Waals surface area contributed by atoms with Gasteiger partial charge in [0.15, 0.2) is 6.10 Å². The topological polar surface area (TPSA) is 154 Å². The molecule has 0 aliphatic rings. The summed E-state index contributed by atoms with van der Waals surface area (Å²) in [5.41, 5.74) is 11.7. The average Bonchev–Trinajstić information content (AvgIpc) is 3.12. The maximum atomic E-state index is 12.6. The summed E-state index contributed by atoms with van der Waals surface area (Å²) in [4.78, 5) is 40.3. The molecule has 0 radical (unpaired) electrons. The zero-order chi connectivity index (χ0) is 38.3. The highest BCUT2D eigenvalue weighted by Crippen LogP contribution is 2.16. The molecule has 0 aromatic rings. The van der Waals surface area contributed by atoms with Gasteiger partial charge in [-0.15, -0.1) is 0 Å². The van der Waals surface area contributed by atoms with Crippen molar-refractivity contribution in [3.05, 3.63) is 0 Å². The summed E-state index contributed by atoms with van der Waals surface area (Å²) >= 11 is 0. The number of carbonyl (C=O) groups is 3. The number of ether oxygens (including phenoxy) is 2. The number of rotatable bonds is 40. The maximum absolute atomic E-state index is 12.6. The highest BCUT2D eigenvalue weighted by Gasteiger charge is 2.19. The largest absolute Gasteiger partial charge is 0.481 e. The minimum absolute atomic E-state index is 0.0324. The van der Waals surface area contributed by atoms with E-state index < -0.39 is 18.1 Å². The van der Waals surface area contributed by atoms with Crippen LogP contribution >= 0.6 is 0 Å². The fourth-order valence-electron chi connectivity index (χ4n) is 6.53. The van der Waals surface area contributed by atoms with Gasteiger partial charge in [-0.3, -0.25) is 19.4 Å². The van der Waals surface area contributed by atoms with Gasteiger partial charge in [0.05, 0.1) is 19.0 Å². The average molecular weight is 738 g/mol. The van der Waals surface area contributed by atoms with Crippen molar-refractivity contribution in [2.24, 2.45) is 16.5 Å². The molecule has 0 fully saturated rings. The van der Waals surface area contributed by atoms with Crippen LogP contribution in [0.15, 0.2) is 4.99 Å². The molecule has 52 heavy (non-hydrogen) atoms. The van der Waals surface area contributed by atoms with Crippen LogP contribution in [-0.2, 0) is 23.9 Å². The molecule has 5 N–H and O–H groups in total. The molecular formula is C43H83N3O6. The Bertz CT molecular complexity index is 868. The van der Waals surface area contributed by atoms with Crippen molar-refractivity contribution in [2.45, 2.75) is 238 Å². The van der Waals surface area contributed by atoms with E-state index in [-0.39, 0.29) is 37.3 Å². The standard InChI is InChI=1S/C43H83N3O6/c1-3-5-7-9-11-13-15-17-19-21-23-25-27-29-31-33-41(49)51-37-38(36-46-43(45)39(44)35-40(47)48)52-42(50)34-32-30-28-26-24-22-20-18-16-14-12-10-8-6-4-2/h38-39H,3-37,44H2,1-2H3,(H2,45,46)(H,47,48). The van der Waals surface area contributed by atoms with Crippen LogP contribution in [0, 0.1) is 0 Å². The Morgan fingerprint density at radius 2 is 0.865 bits per heavy atom. The van der Waals surface area contributed by atoms with Crippen molar-refractivity contribution in [3.63, 3.8) is 0 Å². The first-order valence-electron chi connectivity index (χ1n) is 21.9. The Balaban J connectivity index is 4.21. The third kappa shape index (κ3) is 36.2. The first kappa shape index (κ1) is 49.8. The van der Waals surface area contributed by atoms with Gasteiger partial charge < -0.3 is 26.0 Å². The molecule has 2 unspecified atom stereocenters. The lowest BCUT2D eigenvalue weighted by Crippen LogP contribution is -2.39. The number of hydrogen-bond donors (Lipinski definition) is 3. The molecule has 0 saturated carbocycles. The smallest absolute Gasteiger partial charge is 0.306 e. The third-order valence-corrected chi connectivity index (χ3v) is 9.95. The van der Waals surface area contributed by atoms with E-state index in [0.29, 0.717) is 12.8 Å². The summed E-state index contributed by atoms with van der Waals surface area (Å²) in [5, 5.41) is 8.99. The molecule has 0 aliphatic carbocycles. The highest BCUT2D eigenvalue weighted by atomic mass is 16.6. The fourth-order valence-corrected chi connectivity index (χ4v) is 6.53. The van der Waals surface area contributed by atoms with Gasteiger partial charge >= 0.3 is 17.9 Å². The van der Waals surface area contributed by atoms with Gasteiger partial charge in [0.25, 0.3) is 0 Å². The molecule has 0 rings (SSSR count). The molecule has 0 aromatic heterocycles. The minimum Gasteiger partial charge on any atom is -0.481 e. The molecule has 2 atom stereocenters. The van der Waals surface area contributed by atoms with Gasteiger partial charge in [-0.25, -0.2) is 0 Å². The molecule has 9 heteroatoms. The molecule has 9 nitrogen and oxygen atoms in total. The number of unbranched alkanes of at least 4 members (excludes halogenated alkanes) is 28. The van der Waals surface area contributed by atoms with E-state index in [0.717, 1.165) is 38.5 Å². The minimum atomic E-state index is -1.08. The van der Waals surface area contributed by atoms with Crippen molar-refractivity contribution in [3.8, 4) is 0 Å². The van der Waals surface area contributed by atoms with Crippen LogP contribution in [0.3, 0.4) is 0 Å². The number of aliphatic imine (C=N–C) groups is 1. The van der Waals surface area contributed by atoms with Crippen LogP contribution in [0.25, 0.3) is 0 Å². The monoisotopic (exact) mass is 738 g/mol. The number of carboxylic acid groups (broad SMARTS) is 1. The van der Waals surface area contributed by atoms with Gasteiger partial charge in [-0.05, 0) is 12.8 Å². The number of nitrogens with two attached hydrogens (primary N) is 2. The summed E-state index contributed by atoms with van der Waals surface area (Å²) in [6.45, 7) is 4.36. The normalized spacial score (nSPS) is 12.9. The van der Waals surface area contributed by atoms with Gasteiger partial charge in [0, 0.05) is 12.8 Å². The quantitative estimate of drug-likeness (QED) is 0.0243. The predicted octanol–water partition coefficient (Wildman–Crippen LogP) is 11.1. The van der Waals surface area contributed by atoms with E-state index in [1.54, 1.807) is 0 Å². The number of hydrogen-bond acceptors (Lipinski definition) is 7. The van der Waals surface area contributed by atoms with Crippen LogP contribution < -0.4 is 11.5 Å². The molecule has 0 saturated heterocycles. The Morgan fingerprint density at radius 1 is 0.538 bits per heavy atom. The number of esters is 2. The van der Waals surface area contributed by atoms with E-state index in [1.807, 2.05) is 0 Å². The lowest BCUT2D eigenvalue weighted by molar-refractivity contribution is -0.158. The predicted molar refractivity (Wildman–Crippen MR) is 217 cm³/mol. The zero-order valence-electron chi connectivity index (χ0n) is 34.0. The van der Waals surface area contributed by atoms with E-state index >= 15 is 0 Å². The van der Waals surface area contributed by atoms with E-state index in [2.05, 4.69) is 18.8 Å². The Kier molecular flexibility index (Phi) is 37.0. The molecular weight excluding hydrogens is 654 g/mol. The Hall–Kier alpha value is -2.16. The number of amidine groups is 1. The summed E-state index contributed by atoms with van der Waals surface area (Å²) in [6.07, 6.45) is 37.2. The first-order chi connectivity index (χ1) is 25.3. The van der Waals surface area contributed by atoms with E-state index in [9.17, 15) is 14.4 Å². The third-order valence-electron chi connectivity index (χ3n) is 9.95. The number of carbonyl (C=O) groups excluding carboxylic acids is 2. The number of nitrogens with zero attached hydrogens (tertiary/aromatic N) is 1. The van der Waals surface area contributed by atoms with Crippen LogP contribution in [0.1, 0.15) is 226 Å². The van der Waals surface area contributed by atoms with Crippen molar-refractivity contribution < 1.29 is 29.0 Å². The van der Waals surface area contributed by atoms with Gasteiger partial charge in [-0.1, -0.05) is 194 Å². The fraction of sp³-hybridized carbons (Fsp3) is 0.907. The Labute approximate surface area is 319 Å². The van der Waals surface area contributed by atoms with Crippen molar-refractivity contribution in [1.29, 1.82) is 0 Å². The summed E-state index contributed by atoms with van der Waals surface area (Å²) in [5.74, 6) is -1.79. The summed E-state index contributed by atoms with van der Waals surface area (Å²) < 4.78 is 11.1. The first-order valence-corrected chi connectivity index (χ1v) is 21.9. The summed E-state index contributed by atoms with van der Waals surface area (Å²) in [6, 6.07) is -0.943. The van der Waals surface area contributed by atoms with Crippen LogP contribution in [-0.4, -0.2) is 54.1 Å². The molecule has 306 valence electrons. The van der Waals surface area contributed by atoms with Gasteiger partial charge in [0.2, 0.25) is 0 Å². The van der Waals surface area contributed by atoms with Crippen molar-refractivity contribution >= 4 is 23.7 Å². The SMILES string of the molecule is CCCCCCCCCCCCCCCCCC(=O)OCC(CN=C(N)C(N)CC(=O)O)OC(=O)CCCCCCCCCCCCCCCCC. The molecule has 0 heterocycles. The second-order valence-corrected chi connectivity index (χ2v) is 15.2.